The van der Waals surface area contributed by atoms with Gasteiger partial charge in [-0.3, -0.25) is 4.79 Å². The average Bonchev–Trinajstić information content (AvgIpc) is 2.55. The molecular weight excluding hydrogens is 188 g/mol. The van der Waals surface area contributed by atoms with Crippen LogP contribution < -0.4 is 0 Å². The Morgan fingerprint density at radius 2 is 2.38 bits per heavy atom. The lowest BCUT2D eigenvalue weighted by atomic mass is 9.93. The predicted molar refractivity (Wildman–Crippen MR) is 52.9 cm³/mol. The van der Waals surface area contributed by atoms with Crippen molar-refractivity contribution in [2.75, 3.05) is 11.5 Å². The van der Waals surface area contributed by atoms with Crippen molar-refractivity contribution in [1.82, 2.24) is 0 Å². The number of carboxylic acids is 1. The largest absolute Gasteiger partial charge is 0.481 e. The van der Waals surface area contributed by atoms with Crippen LogP contribution in [0.4, 0.5) is 0 Å². The lowest BCUT2D eigenvalue weighted by Crippen LogP contribution is -2.25. The zero-order valence-electron chi connectivity index (χ0n) is 7.77. The molecule has 0 aromatic heterocycles. The molecule has 1 rings (SSSR count). The minimum atomic E-state index is -0.815. The van der Waals surface area contributed by atoms with Gasteiger partial charge in [0.05, 0.1) is 12.0 Å². The van der Waals surface area contributed by atoms with E-state index in [2.05, 4.69) is 0 Å². The van der Waals surface area contributed by atoms with Crippen LogP contribution in [0.3, 0.4) is 0 Å². The molecule has 0 saturated carbocycles. The second-order valence-corrected chi connectivity index (χ2v) is 4.82. The molecule has 1 fully saturated rings. The van der Waals surface area contributed by atoms with Crippen LogP contribution in [0.2, 0.25) is 0 Å². The Morgan fingerprint density at radius 3 is 2.85 bits per heavy atom. The summed E-state index contributed by atoms with van der Waals surface area (Å²) in [5.41, 5.74) is 0. The van der Waals surface area contributed by atoms with Gasteiger partial charge in [0.1, 0.15) is 0 Å². The summed E-state index contributed by atoms with van der Waals surface area (Å²) in [4.78, 5) is 10.5. The smallest absolute Gasteiger partial charge is 0.306 e. The van der Waals surface area contributed by atoms with Crippen molar-refractivity contribution >= 4 is 17.7 Å². The van der Waals surface area contributed by atoms with Crippen molar-refractivity contribution in [3.8, 4) is 0 Å². The monoisotopic (exact) mass is 204 g/mol. The van der Waals surface area contributed by atoms with Crippen LogP contribution in [-0.4, -0.2) is 33.8 Å². The highest BCUT2D eigenvalue weighted by Gasteiger charge is 2.26. The third-order valence-electron chi connectivity index (χ3n) is 2.53. The van der Waals surface area contributed by atoms with Crippen molar-refractivity contribution < 1.29 is 15.0 Å². The van der Waals surface area contributed by atoms with E-state index in [4.69, 9.17) is 5.11 Å². The summed E-state index contributed by atoms with van der Waals surface area (Å²) in [6, 6.07) is 0. The Bertz CT molecular complexity index is 178. The zero-order chi connectivity index (χ0) is 9.84. The average molecular weight is 204 g/mol. The molecule has 4 heteroatoms. The molecule has 0 spiro atoms. The molecule has 0 bridgehead atoms. The molecule has 13 heavy (non-hydrogen) atoms. The second kappa shape index (κ2) is 4.86. The van der Waals surface area contributed by atoms with Gasteiger partial charge in [0.25, 0.3) is 0 Å². The van der Waals surface area contributed by atoms with Gasteiger partial charge in [-0.25, -0.2) is 0 Å². The van der Waals surface area contributed by atoms with E-state index < -0.39 is 18.0 Å². The fourth-order valence-electron chi connectivity index (χ4n) is 1.51. The zero-order valence-corrected chi connectivity index (χ0v) is 8.59. The second-order valence-electron chi connectivity index (χ2n) is 3.67. The number of aliphatic carboxylic acids is 1. The Labute approximate surface area is 82.5 Å². The molecular formula is C9H16O3S. The predicted octanol–water partition coefficient (Wildman–Crippen LogP) is 1.21. The van der Waals surface area contributed by atoms with E-state index in [1.807, 2.05) is 11.8 Å². The Balaban J connectivity index is 2.30. The highest BCUT2D eigenvalue weighted by atomic mass is 32.2. The third-order valence-corrected chi connectivity index (χ3v) is 3.71. The molecule has 0 aromatic carbocycles. The molecule has 3 nitrogen and oxygen atoms in total. The minimum absolute atomic E-state index is 0.312. The SMILES string of the molecule is CC(CC(O)C1CCSC1)C(=O)O. The van der Waals surface area contributed by atoms with Gasteiger partial charge in [-0.1, -0.05) is 6.92 Å². The lowest BCUT2D eigenvalue weighted by molar-refractivity contribution is -0.142. The van der Waals surface area contributed by atoms with Gasteiger partial charge in [0.2, 0.25) is 0 Å². The molecule has 1 heterocycles. The summed E-state index contributed by atoms with van der Waals surface area (Å²) in [5.74, 6) is 1.15. The third kappa shape index (κ3) is 3.19. The van der Waals surface area contributed by atoms with E-state index in [-0.39, 0.29) is 0 Å². The molecule has 0 amide bonds. The van der Waals surface area contributed by atoms with Crippen LogP contribution in [0.5, 0.6) is 0 Å². The quantitative estimate of drug-likeness (QED) is 0.722. The van der Waals surface area contributed by atoms with Gasteiger partial charge in [0, 0.05) is 0 Å². The molecule has 1 saturated heterocycles. The summed E-state index contributed by atoms with van der Waals surface area (Å²) in [5, 5.41) is 18.3. The van der Waals surface area contributed by atoms with Crippen LogP contribution in [-0.2, 0) is 4.79 Å². The van der Waals surface area contributed by atoms with Crippen molar-refractivity contribution in [2.24, 2.45) is 11.8 Å². The molecule has 0 aliphatic carbocycles. The molecule has 0 radical (unpaired) electrons. The van der Waals surface area contributed by atoms with E-state index in [1.54, 1.807) is 6.92 Å². The fourth-order valence-corrected chi connectivity index (χ4v) is 2.84. The van der Waals surface area contributed by atoms with Crippen molar-refractivity contribution in [3.05, 3.63) is 0 Å². The first kappa shape index (κ1) is 10.9. The molecule has 3 atom stereocenters. The van der Waals surface area contributed by atoms with Crippen LogP contribution in [0.1, 0.15) is 19.8 Å². The normalized spacial score (nSPS) is 27.1. The van der Waals surface area contributed by atoms with Crippen LogP contribution in [0, 0.1) is 11.8 Å². The number of carboxylic acid groups (broad SMARTS) is 1. The highest BCUT2D eigenvalue weighted by Crippen LogP contribution is 2.28. The standard InChI is InChI=1S/C9H16O3S/c1-6(9(11)12)4-8(10)7-2-3-13-5-7/h6-8,10H,2-5H2,1H3,(H,11,12). The molecule has 0 aromatic rings. The van der Waals surface area contributed by atoms with Gasteiger partial charge in [0.15, 0.2) is 0 Å². The maximum absolute atomic E-state index is 10.5. The summed E-state index contributed by atoms with van der Waals surface area (Å²) in [7, 11) is 0. The minimum Gasteiger partial charge on any atom is -0.481 e. The first-order chi connectivity index (χ1) is 6.11. The van der Waals surface area contributed by atoms with Crippen LogP contribution in [0.25, 0.3) is 0 Å². The van der Waals surface area contributed by atoms with Gasteiger partial charge >= 0.3 is 5.97 Å². The van der Waals surface area contributed by atoms with E-state index in [0.717, 1.165) is 17.9 Å². The maximum atomic E-state index is 10.5. The number of hydrogen-bond donors (Lipinski definition) is 2. The summed E-state index contributed by atoms with van der Waals surface area (Å²) in [6.45, 7) is 1.65. The van der Waals surface area contributed by atoms with Crippen molar-refractivity contribution in [1.29, 1.82) is 0 Å². The van der Waals surface area contributed by atoms with E-state index in [9.17, 15) is 9.90 Å². The van der Waals surface area contributed by atoms with Gasteiger partial charge < -0.3 is 10.2 Å². The number of aliphatic hydroxyl groups is 1. The Kier molecular flexibility index (Phi) is 4.06. The summed E-state index contributed by atoms with van der Waals surface area (Å²) < 4.78 is 0. The summed E-state index contributed by atoms with van der Waals surface area (Å²) >= 11 is 1.84. The van der Waals surface area contributed by atoms with Crippen molar-refractivity contribution in [2.45, 2.75) is 25.9 Å². The number of rotatable bonds is 4. The first-order valence-corrected chi connectivity index (χ1v) is 5.75. The van der Waals surface area contributed by atoms with Crippen LogP contribution >= 0.6 is 11.8 Å². The van der Waals surface area contributed by atoms with Crippen molar-refractivity contribution in [3.63, 3.8) is 0 Å². The van der Waals surface area contributed by atoms with Crippen LogP contribution in [0.15, 0.2) is 0 Å². The first-order valence-electron chi connectivity index (χ1n) is 4.60. The number of aliphatic hydroxyl groups excluding tert-OH is 1. The molecule has 1 aliphatic rings. The number of carbonyl (C=O) groups is 1. The van der Waals surface area contributed by atoms with Gasteiger partial charge in [-0.05, 0) is 30.3 Å². The lowest BCUT2D eigenvalue weighted by Gasteiger charge is -2.18. The highest BCUT2D eigenvalue weighted by molar-refractivity contribution is 7.99. The van der Waals surface area contributed by atoms with E-state index >= 15 is 0 Å². The summed E-state index contributed by atoms with van der Waals surface area (Å²) in [6.07, 6.45) is 0.986. The van der Waals surface area contributed by atoms with E-state index in [1.165, 1.54) is 0 Å². The molecule has 76 valence electrons. The molecule has 3 unspecified atom stereocenters. The maximum Gasteiger partial charge on any atom is 0.306 e. The molecule has 1 aliphatic heterocycles. The Hall–Kier alpha value is -0.220. The fraction of sp³-hybridized carbons (Fsp3) is 0.889. The number of hydrogen-bond acceptors (Lipinski definition) is 3. The van der Waals surface area contributed by atoms with E-state index in [0.29, 0.717) is 12.3 Å². The number of thioether (sulfide) groups is 1. The topological polar surface area (TPSA) is 57.5 Å². The Morgan fingerprint density at radius 1 is 1.69 bits per heavy atom. The van der Waals surface area contributed by atoms with Gasteiger partial charge in [-0.2, -0.15) is 11.8 Å². The molecule has 2 N–H and O–H groups in total. The van der Waals surface area contributed by atoms with Gasteiger partial charge in [-0.15, -0.1) is 0 Å².